The summed E-state index contributed by atoms with van der Waals surface area (Å²) < 4.78 is 6.52. The highest BCUT2D eigenvalue weighted by molar-refractivity contribution is 6.26. The van der Waals surface area contributed by atoms with Crippen molar-refractivity contribution in [3.8, 4) is 44.9 Å². The normalized spacial score (nSPS) is 12.1. The molecule has 0 aliphatic carbocycles. The Kier molecular flexibility index (Phi) is 5.45. The van der Waals surface area contributed by atoms with Crippen molar-refractivity contribution in [3.63, 3.8) is 0 Å². The van der Waals surface area contributed by atoms with Crippen LogP contribution in [0, 0.1) is 0 Å². The van der Waals surface area contributed by atoms with Crippen LogP contribution in [0.3, 0.4) is 0 Å². The van der Waals surface area contributed by atoms with Crippen LogP contribution in [0.1, 0.15) is 0 Å². The first-order chi connectivity index (χ1) is 24.3. The van der Waals surface area contributed by atoms with Gasteiger partial charge in [-0.3, -0.25) is 0 Å². The van der Waals surface area contributed by atoms with Crippen molar-refractivity contribution >= 4 is 64.6 Å². The minimum absolute atomic E-state index is 0.866. The highest BCUT2D eigenvalue weighted by atomic mass is 16.3. The average Bonchev–Trinajstić information content (AvgIpc) is 3.67. The second kappa shape index (κ2) is 10.0. The Morgan fingerprint density at radius 1 is 0.265 bits per heavy atom. The molecule has 11 rings (SSSR count). The fourth-order valence-electron chi connectivity index (χ4n) is 8.28. The maximum atomic E-state index is 6.52. The Hall–Kier alpha value is -6.44. The average molecular weight is 621 g/mol. The number of hydrogen-bond donors (Lipinski definition) is 0. The maximum absolute atomic E-state index is 6.52. The highest BCUT2D eigenvalue weighted by Crippen LogP contribution is 2.42. The number of hydrogen-bond acceptors (Lipinski definition) is 1. The third-order valence-electron chi connectivity index (χ3n) is 10.6. The van der Waals surface area contributed by atoms with E-state index in [0.29, 0.717) is 0 Å². The summed E-state index contributed by atoms with van der Waals surface area (Å²) in [6, 6.07) is 61.9. The van der Waals surface area contributed by atoms with Gasteiger partial charge in [0.1, 0.15) is 11.5 Å². The van der Waals surface area contributed by atoms with Gasteiger partial charge in [-0.1, -0.05) is 152 Å². The molecule has 1 heterocycles. The van der Waals surface area contributed by atoms with Crippen LogP contribution in [-0.4, -0.2) is 0 Å². The van der Waals surface area contributed by atoms with Crippen molar-refractivity contribution in [1.29, 1.82) is 0 Å². The summed E-state index contributed by atoms with van der Waals surface area (Å²) in [4.78, 5) is 0. The molecule has 226 valence electrons. The van der Waals surface area contributed by atoms with E-state index in [2.05, 4.69) is 170 Å². The van der Waals surface area contributed by atoms with Crippen LogP contribution in [0.2, 0.25) is 0 Å². The Balaban J connectivity index is 0.947. The molecule has 0 N–H and O–H groups in total. The lowest BCUT2D eigenvalue weighted by Gasteiger charge is -2.14. The predicted octanol–water partition coefficient (Wildman–Crippen LogP) is 13.7. The molecule has 0 saturated carbocycles. The maximum Gasteiger partial charge on any atom is 0.134 e. The summed E-state index contributed by atoms with van der Waals surface area (Å²) in [6.45, 7) is 0. The Morgan fingerprint density at radius 2 is 0.673 bits per heavy atom. The zero-order valence-corrected chi connectivity index (χ0v) is 26.6. The molecule has 0 saturated heterocycles. The summed E-state index contributed by atoms with van der Waals surface area (Å²) in [6.07, 6.45) is 0. The zero-order valence-electron chi connectivity index (χ0n) is 26.6. The van der Waals surface area contributed by atoms with Crippen molar-refractivity contribution in [2.45, 2.75) is 0 Å². The van der Waals surface area contributed by atoms with E-state index in [9.17, 15) is 0 Å². The summed E-state index contributed by atoms with van der Waals surface area (Å²) in [5, 5.41) is 15.7. The van der Waals surface area contributed by atoms with E-state index in [1.54, 1.807) is 0 Å². The van der Waals surface area contributed by atoms with E-state index in [-0.39, 0.29) is 0 Å². The van der Waals surface area contributed by atoms with Gasteiger partial charge in [0, 0.05) is 11.1 Å². The van der Waals surface area contributed by atoms with E-state index in [1.165, 1.54) is 86.9 Å². The minimum Gasteiger partial charge on any atom is -0.456 e. The summed E-state index contributed by atoms with van der Waals surface area (Å²) >= 11 is 0. The Morgan fingerprint density at radius 3 is 1.24 bits per heavy atom. The molecule has 1 aromatic heterocycles. The monoisotopic (exact) mass is 620 g/mol. The lowest BCUT2D eigenvalue weighted by molar-refractivity contribution is 0.597. The third kappa shape index (κ3) is 3.94. The molecule has 11 aromatic rings. The molecule has 0 fully saturated rings. The standard InChI is InChI=1S/C48H28O/c1-4-31-14-16-35-18-22-39(41-24-20-33(6-1)45(31)47(35)41)29-10-12-30(13-11-29)43-26-27-44(49-43)38-9-3-8-37(28-38)40-23-19-36-17-15-32-5-2-7-34-21-25-42(40)48(36)46(32)34/h1-28H. The van der Waals surface area contributed by atoms with Gasteiger partial charge >= 0.3 is 0 Å². The first kappa shape index (κ1) is 26.6. The van der Waals surface area contributed by atoms with Gasteiger partial charge in [0.25, 0.3) is 0 Å². The second-order valence-electron chi connectivity index (χ2n) is 13.3. The van der Waals surface area contributed by atoms with Crippen LogP contribution >= 0.6 is 0 Å². The minimum atomic E-state index is 0.866. The second-order valence-corrected chi connectivity index (χ2v) is 13.3. The van der Waals surface area contributed by atoms with Gasteiger partial charge in [-0.2, -0.15) is 0 Å². The lowest BCUT2D eigenvalue weighted by atomic mass is 9.89. The number of furan rings is 1. The van der Waals surface area contributed by atoms with Crippen LogP contribution in [0.25, 0.3) is 110 Å². The molecule has 0 aliphatic rings. The van der Waals surface area contributed by atoms with Gasteiger partial charge in [0.05, 0.1) is 0 Å². The predicted molar refractivity (Wildman–Crippen MR) is 208 cm³/mol. The summed E-state index contributed by atoms with van der Waals surface area (Å²) in [5.41, 5.74) is 7.01. The van der Waals surface area contributed by atoms with Gasteiger partial charge in [0.2, 0.25) is 0 Å². The van der Waals surface area contributed by atoms with Crippen molar-refractivity contribution in [2.24, 2.45) is 0 Å². The molecule has 49 heavy (non-hydrogen) atoms. The molecule has 1 heteroatoms. The van der Waals surface area contributed by atoms with Gasteiger partial charge < -0.3 is 4.42 Å². The van der Waals surface area contributed by atoms with Gasteiger partial charge in [0.15, 0.2) is 0 Å². The number of benzene rings is 10. The molecule has 1 nitrogen and oxygen atoms in total. The van der Waals surface area contributed by atoms with E-state index < -0.39 is 0 Å². The molecule has 0 aliphatic heterocycles. The molecule has 10 aromatic carbocycles. The van der Waals surface area contributed by atoms with Gasteiger partial charge in [-0.15, -0.1) is 0 Å². The molecule has 0 unspecified atom stereocenters. The Bertz CT molecular complexity index is 3000. The fourth-order valence-corrected chi connectivity index (χ4v) is 8.28. The molecule has 0 radical (unpaired) electrons. The SMILES string of the molecule is c1cc(-c2ccc(-c3ccc(-c4ccc5ccc6cccc7ccc4c5c67)cc3)o2)cc(-c2ccc3ccc4cccc5ccc2c3c45)c1. The molecule has 0 spiro atoms. The number of rotatable bonds is 4. The topological polar surface area (TPSA) is 13.1 Å². The first-order valence-electron chi connectivity index (χ1n) is 16.9. The van der Waals surface area contributed by atoms with Crippen LogP contribution in [0.15, 0.2) is 174 Å². The molecular weight excluding hydrogens is 593 g/mol. The molecule has 0 bridgehead atoms. The van der Waals surface area contributed by atoms with Crippen LogP contribution < -0.4 is 0 Å². The third-order valence-corrected chi connectivity index (χ3v) is 10.6. The largest absolute Gasteiger partial charge is 0.456 e. The molecule has 0 amide bonds. The van der Waals surface area contributed by atoms with Crippen molar-refractivity contribution in [3.05, 3.63) is 170 Å². The molecular formula is C48H28O. The van der Waals surface area contributed by atoms with Crippen molar-refractivity contribution in [2.75, 3.05) is 0 Å². The van der Waals surface area contributed by atoms with E-state index in [1.807, 2.05) is 0 Å². The zero-order chi connectivity index (χ0) is 32.1. The molecule has 0 atom stereocenters. The van der Waals surface area contributed by atoms with Crippen LogP contribution in [0.4, 0.5) is 0 Å². The first-order valence-corrected chi connectivity index (χ1v) is 16.9. The smallest absolute Gasteiger partial charge is 0.134 e. The van der Waals surface area contributed by atoms with Gasteiger partial charge in [-0.05, 0) is 105 Å². The van der Waals surface area contributed by atoms with Gasteiger partial charge in [-0.25, -0.2) is 0 Å². The summed E-state index contributed by atoms with van der Waals surface area (Å²) in [7, 11) is 0. The van der Waals surface area contributed by atoms with E-state index in [4.69, 9.17) is 4.42 Å². The highest BCUT2D eigenvalue weighted by Gasteiger charge is 2.15. The van der Waals surface area contributed by atoms with Crippen molar-refractivity contribution in [1.82, 2.24) is 0 Å². The quantitative estimate of drug-likeness (QED) is 0.178. The lowest BCUT2D eigenvalue weighted by Crippen LogP contribution is -1.87. The van der Waals surface area contributed by atoms with E-state index >= 15 is 0 Å². The van der Waals surface area contributed by atoms with Crippen molar-refractivity contribution < 1.29 is 4.42 Å². The fraction of sp³-hybridized carbons (Fsp3) is 0. The van der Waals surface area contributed by atoms with Crippen LogP contribution in [-0.2, 0) is 0 Å². The van der Waals surface area contributed by atoms with E-state index in [0.717, 1.165) is 22.6 Å². The summed E-state index contributed by atoms with van der Waals surface area (Å²) in [5.74, 6) is 1.73. The van der Waals surface area contributed by atoms with Crippen LogP contribution in [0.5, 0.6) is 0 Å². The Labute approximate surface area is 283 Å².